The van der Waals surface area contributed by atoms with Crippen LogP contribution < -0.4 is 15.4 Å². The maximum Gasteiger partial charge on any atom is 0.573 e. The normalized spacial score (nSPS) is 20.1. The first kappa shape index (κ1) is 29.1. The number of ether oxygens (including phenoxy) is 1. The number of rotatable bonds is 10. The average molecular weight is 548 g/mol. The summed E-state index contributed by atoms with van der Waals surface area (Å²) in [5.74, 6) is -0.958. The zero-order chi connectivity index (χ0) is 27.1. The molecule has 12 heteroatoms. The van der Waals surface area contributed by atoms with Gasteiger partial charge in [-0.15, -0.1) is 13.2 Å². The highest BCUT2D eigenvalue weighted by Gasteiger charge is 2.32. The van der Waals surface area contributed by atoms with Crippen molar-refractivity contribution in [2.45, 2.75) is 64.3 Å². The fraction of sp³-hybridized carbons (Fsp3) is 0.680. The van der Waals surface area contributed by atoms with Crippen molar-refractivity contribution in [2.75, 3.05) is 36.5 Å². The fourth-order valence-electron chi connectivity index (χ4n) is 4.87. The van der Waals surface area contributed by atoms with Crippen molar-refractivity contribution >= 4 is 27.3 Å². The molecule has 1 aromatic rings. The molecule has 2 fully saturated rings. The Balaban J connectivity index is 1.54. The van der Waals surface area contributed by atoms with Crippen LogP contribution in [0, 0.1) is 11.8 Å². The molecular formula is C25H36F3N3O5S. The van der Waals surface area contributed by atoms with E-state index in [0.717, 1.165) is 25.7 Å². The Hall–Kier alpha value is -2.50. The van der Waals surface area contributed by atoms with Crippen LogP contribution in [-0.2, 0) is 19.4 Å². The molecule has 2 aliphatic rings. The summed E-state index contributed by atoms with van der Waals surface area (Å²) in [5.41, 5.74) is 0.574. The monoisotopic (exact) mass is 547 g/mol. The molecule has 1 saturated carbocycles. The van der Waals surface area contributed by atoms with Gasteiger partial charge in [-0.2, -0.15) is 0 Å². The molecular weight excluding hydrogens is 511 g/mol. The van der Waals surface area contributed by atoms with E-state index in [1.807, 2.05) is 0 Å². The number of anilines is 1. The third-order valence-electron chi connectivity index (χ3n) is 6.92. The highest BCUT2D eigenvalue weighted by Crippen LogP contribution is 2.31. The molecule has 1 aliphatic heterocycles. The van der Waals surface area contributed by atoms with Crippen LogP contribution in [0.15, 0.2) is 24.3 Å². The van der Waals surface area contributed by atoms with Crippen LogP contribution in [-0.4, -0.2) is 68.7 Å². The first-order valence-electron chi connectivity index (χ1n) is 12.8. The lowest BCUT2D eigenvalue weighted by Gasteiger charge is -2.30. The molecule has 8 nitrogen and oxygen atoms in total. The van der Waals surface area contributed by atoms with Gasteiger partial charge in [-0.3, -0.25) is 9.59 Å². The zero-order valence-electron chi connectivity index (χ0n) is 21.1. The summed E-state index contributed by atoms with van der Waals surface area (Å²) in [6.45, 7) is 2.46. The summed E-state index contributed by atoms with van der Waals surface area (Å²) in [6.07, 6.45) is 1.38. The van der Waals surface area contributed by atoms with Crippen LogP contribution in [0.3, 0.4) is 0 Å². The van der Waals surface area contributed by atoms with Gasteiger partial charge >= 0.3 is 6.36 Å². The maximum absolute atomic E-state index is 13.2. The summed E-state index contributed by atoms with van der Waals surface area (Å²) >= 11 is 0. The number of nitrogens with zero attached hydrogens (tertiary/aromatic N) is 1. The van der Waals surface area contributed by atoms with Crippen LogP contribution in [0.5, 0.6) is 5.75 Å². The van der Waals surface area contributed by atoms with E-state index in [1.165, 1.54) is 30.7 Å². The third-order valence-corrected chi connectivity index (χ3v) is 8.53. The molecule has 37 heavy (non-hydrogen) atoms. The summed E-state index contributed by atoms with van der Waals surface area (Å²) in [6, 6.07) is 5.02. The Labute approximate surface area is 216 Å². The van der Waals surface area contributed by atoms with Gasteiger partial charge in [0.2, 0.25) is 11.8 Å². The molecule has 0 aromatic heterocycles. The molecule has 0 bridgehead atoms. The molecule has 2 amide bonds. The van der Waals surface area contributed by atoms with Gasteiger partial charge < -0.3 is 20.3 Å². The van der Waals surface area contributed by atoms with Crippen molar-refractivity contribution < 1.29 is 35.9 Å². The first-order valence-corrected chi connectivity index (χ1v) is 14.6. The lowest BCUT2D eigenvalue weighted by atomic mass is 9.81. The standard InChI is InChI=1S/C25H36F3N3O5S/c1-18(17-29-21-7-9-22(10-8-21)36-25(26,27)28)30-24(33)20(15-19-5-3-2-4-6-19)16-23(32)31-11-13-37(34,35)14-12-31/h7-10,18-20,29H,2-6,11-17H2,1H3,(H,30,33)/t18?,20-/m1/s1. The number of sulfone groups is 1. The number of halogens is 3. The van der Waals surface area contributed by atoms with Crippen molar-refractivity contribution in [1.29, 1.82) is 0 Å². The predicted molar refractivity (Wildman–Crippen MR) is 134 cm³/mol. The quantitative estimate of drug-likeness (QED) is 0.463. The topological polar surface area (TPSA) is 105 Å². The molecule has 3 rings (SSSR count). The van der Waals surface area contributed by atoms with Crippen LogP contribution in [0.1, 0.15) is 51.9 Å². The molecule has 0 spiro atoms. The van der Waals surface area contributed by atoms with E-state index in [2.05, 4.69) is 15.4 Å². The highest BCUT2D eigenvalue weighted by molar-refractivity contribution is 7.91. The minimum absolute atomic E-state index is 0.0448. The Bertz CT molecular complexity index is 997. The van der Waals surface area contributed by atoms with E-state index in [-0.39, 0.29) is 54.6 Å². The van der Waals surface area contributed by atoms with Crippen LogP contribution in [0.4, 0.5) is 18.9 Å². The molecule has 208 valence electrons. The minimum atomic E-state index is -4.75. The Morgan fingerprint density at radius 3 is 2.30 bits per heavy atom. The van der Waals surface area contributed by atoms with Gasteiger partial charge in [-0.05, 0) is 43.5 Å². The minimum Gasteiger partial charge on any atom is -0.406 e. The lowest BCUT2D eigenvalue weighted by Crippen LogP contribution is -2.46. The third kappa shape index (κ3) is 10.1. The van der Waals surface area contributed by atoms with Crippen molar-refractivity contribution in [3.8, 4) is 5.75 Å². The largest absolute Gasteiger partial charge is 0.573 e. The van der Waals surface area contributed by atoms with E-state index in [0.29, 0.717) is 24.6 Å². The van der Waals surface area contributed by atoms with E-state index >= 15 is 0 Å². The number of amides is 2. The van der Waals surface area contributed by atoms with E-state index in [4.69, 9.17) is 0 Å². The second-order valence-corrected chi connectivity index (χ2v) is 12.3. The van der Waals surface area contributed by atoms with Crippen molar-refractivity contribution in [1.82, 2.24) is 10.2 Å². The maximum atomic E-state index is 13.2. The van der Waals surface area contributed by atoms with E-state index in [1.54, 1.807) is 11.8 Å². The average Bonchev–Trinajstić information content (AvgIpc) is 2.82. The molecule has 1 aromatic carbocycles. The van der Waals surface area contributed by atoms with Crippen LogP contribution in [0.2, 0.25) is 0 Å². The lowest BCUT2D eigenvalue weighted by molar-refractivity contribution is -0.274. The molecule has 2 N–H and O–H groups in total. The van der Waals surface area contributed by atoms with Crippen molar-refractivity contribution in [3.05, 3.63) is 24.3 Å². The smallest absolute Gasteiger partial charge is 0.406 e. The van der Waals surface area contributed by atoms with E-state index in [9.17, 15) is 31.2 Å². The Morgan fingerprint density at radius 1 is 1.08 bits per heavy atom. The van der Waals surface area contributed by atoms with Crippen LogP contribution >= 0.6 is 0 Å². The van der Waals surface area contributed by atoms with Gasteiger partial charge in [0.25, 0.3) is 0 Å². The number of alkyl halides is 3. The van der Waals surface area contributed by atoms with Gasteiger partial charge in [0.1, 0.15) is 5.75 Å². The van der Waals surface area contributed by atoms with Gasteiger partial charge in [0.05, 0.1) is 11.5 Å². The zero-order valence-corrected chi connectivity index (χ0v) is 21.9. The second kappa shape index (κ2) is 12.8. The highest BCUT2D eigenvalue weighted by atomic mass is 32.2. The first-order chi connectivity index (χ1) is 17.4. The predicted octanol–water partition coefficient (Wildman–Crippen LogP) is 3.74. The Morgan fingerprint density at radius 2 is 1.70 bits per heavy atom. The molecule has 1 heterocycles. The number of carbonyl (C=O) groups excluding carboxylic acids is 2. The van der Waals surface area contributed by atoms with Gasteiger partial charge in [-0.25, -0.2) is 8.42 Å². The van der Waals surface area contributed by atoms with Gasteiger partial charge in [-0.1, -0.05) is 32.1 Å². The number of nitrogens with one attached hydrogen (secondary N) is 2. The van der Waals surface area contributed by atoms with Gasteiger partial charge in [0, 0.05) is 43.7 Å². The summed E-state index contributed by atoms with van der Waals surface area (Å²) in [5, 5.41) is 6.04. The summed E-state index contributed by atoms with van der Waals surface area (Å²) in [4.78, 5) is 27.7. The van der Waals surface area contributed by atoms with Crippen molar-refractivity contribution in [3.63, 3.8) is 0 Å². The number of benzene rings is 1. The molecule has 1 aliphatic carbocycles. The van der Waals surface area contributed by atoms with E-state index < -0.39 is 22.1 Å². The second-order valence-electron chi connectivity index (χ2n) is 10.0. The molecule has 2 atom stereocenters. The Kier molecular flexibility index (Phi) is 10.1. The van der Waals surface area contributed by atoms with Crippen LogP contribution in [0.25, 0.3) is 0 Å². The number of carbonyl (C=O) groups is 2. The number of hydrogen-bond donors (Lipinski definition) is 2. The fourth-order valence-corrected chi connectivity index (χ4v) is 6.07. The number of hydrogen-bond acceptors (Lipinski definition) is 6. The summed E-state index contributed by atoms with van der Waals surface area (Å²) in [7, 11) is -3.11. The SMILES string of the molecule is CC(CNc1ccc(OC(F)(F)F)cc1)NC(=O)[C@@H](CC(=O)N1CCS(=O)(=O)CC1)CC1CCCCC1. The van der Waals surface area contributed by atoms with Gasteiger partial charge in [0.15, 0.2) is 9.84 Å². The molecule has 1 unspecified atom stereocenters. The molecule has 0 radical (unpaired) electrons. The summed E-state index contributed by atoms with van der Waals surface area (Å²) < 4.78 is 64.2. The van der Waals surface area contributed by atoms with Crippen molar-refractivity contribution in [2.24, 2.45) is 11.8 Å². The molecule has 1 saturated heterocycles.